The number of amides is 2. The van der Waals surface area contributed by atoms with Crippen LogP contribution in [0.15, 0.2) is 18.2 Å². The Balaban J connectivity index is 1.98. The highest BCUT2D eigenvalue weighted by Crippen LogP contribution is 2.27. The third kappa shape index (κ3) is 4.63. The third-order valence-electron chi connectivity index (χ3n) is 3.82. The third-order valence-corrected chi connectivity index (χ3v) is 3.82. The van der Waals surface area contributed by atoms with Gasteiger partial charge in [0, 0.05) is 13.1 Å². The topological polar surface area (TPSA) is 67.9 Å². The van der Waals surface area contributed by atoms with Gasteiger partial charge in [0.2, 0.25) is 5.91 Å². The van der Waals surface area contributed by atoms with Crippen molar-refractivity contribution in [3.05, 3.63) is 23.8 Å². The van der Waals surface area contributed by atoms with Crippen LogP contribution in [0.25, 0.3) is 0 Å². The van der Waals surface area contributed by atoms with Crippen molar-refractivity contribution in [1.82, 2.24) is 4.90 Å². The van der Waals surface area contributed by atoms with Crippen molar-refractivity contribution in [3.8, 4) is 5.75 Å². The van der Waals surface area contributed by atoms with Crippen molar-refractivity contribution in [2.45, 2.75) is 39.7 Å². The van der Waals surface area contributed by atoms with Crippen LogP contribution in [0.2, 0.25) is 0 Å². The van der Waals surface area contributed by atoms with Crippen molar-refractivity contribution in [1.29, 1.82) is 0 Å². The molecule has 6 nitrogen and oxygen atoms in total. The van der Waals surface area contributed by atoms with E-state index in [9.17, 15) is 9.59 Å². The first-order chi connectivity index (χ1) is 11.2. The van der Waals surface area contributed by atoms with E-state index in [0.717, 1.165) is 5.56 Å². The Labute approximate surface area is 143 Å². The van der Waals surface area contributed by atoms with E-state index in [4.69, 9.17) is 9.47 Å². The Bertz CT molecular complexity index is 622. The average molecular weight is 334 g/mol. The van der Waals surface area contributed by atoms with Crippen molar-refractivity contribution in [2.75, 3.05) is 25.5 Å². The molecule has 1 unspecified atom stereocenters. The van der Waals surface area contributed by atoms with Gasteiger partial charge in [-0.2, -0.15) is 0 Å². The number of ether oxygens (including phenoxy) is 2. The molecule has 0 bridgehead atoms. The molecule has 1 aromatic carbocycles. The van der Waals surface area contributed by atoms with Gasteiger partial charge in [0.05, 0.1) is 18.7 Å². The fourth-order valence-electron chi connectivity index (χ4n) is 2.62. The summed E-state index contributed by atoms with van der Waals surface area (Å²) in [5, 5.41) is 2.91. The highest BCUT2D eigenvalue weighted by Gasteiger charge is 2.33. The fourth-order valence-corrected chi connectivity index (χ4v) is 2.62. The molecular formula is C18H26N2O4. The van der Waals surface area contributed by atoms with Crippen LogP contribution >= 0.6 is 0 Å². The average Bonchev–Trinajstić information content (AvgIpc) is 2.95. The van der Waals surface area contributed by atoms with Gasteiger partial charge >= 0.3 is 6.09 Å². The van der Waals surface area contributed by atoms with E-state index >= 15 is 0 Å². The van der Waals surface area contributed by atoms with E-state index in [2.05, 4.69) is 5.32 Å². The summed E-state index contributed by atoms with van der Waals surface area (Å²) in [6.45, 7) is 8.33. The number of aryl methyl sites for hydroxylation is 1. The number of hydrogen-bond donors (Lipinski definition) is 1. The van der Waals surface area contributed by atoms with Crippen molar-refractivity contribution in [3.63, 3.8) is 0 Å². The normalized spacial score (nSPS) is 17.5. The number of nitrogens with zero attached hydrogens (tertiary/aromatic N) is 1. The molecule has 1 fully saturated rings. The zero-order chi connectivity index (χ0) is 17.9. The number of carbonyl (C=O) groups is 2. The lowest BCUT2D eigenvalue weighted by Gasteiger charge is -2.24. The van der Waals surface area contributed by atoms with Crippen LogP contribution in [0.3, 0.4) is 0 Å². The highest BCUT2D eigenvalue weighted by atomic mass is 16.6. The number of benzene rings is 1. The molecule has 132 valence electrons. The fraction of sp³-hybridized carbons (Fsp3) is 0.556. The lowest BCUT2D eigenvalue weighted by Crippen LogP contribution is -2.36. The number of anilines is 1. The second-order valence-electron chi connectivity index (χ2n) is 7.10. The molecule has 0 spiro atoms. The van der Waals surface area contributed by atoms with Crippen LogP contribution in [-0.2, 0) is 9.53 Å². The Kier molecular flexibility index (Phi) is 5.36. The molecule has 0 aliphatic carbocycles. The minimum Gasteiger partial charge on any atom is -0.495 e. The van der Waals surface area contributed by atoms with Crippen molar-refractivity contribution >= 4 is 17.7 Å². The lowest BCUT2D eigenvalue weighted by molar-refractivity contribution is -0.119. The van der Waals surface area contributed by atoms with Crippen LogP contribution in [-0.4, -0.2) is 42.7 Å². The van der Waals surface area contributed by atoms with Crippen LogP contribution in [0.5, 0.6) is 5.75 Å². The Hall–Kier alpha value is -2.24. The van der Waals surface area contributed by atoms with Gasteiger partial charge < -0.3 is 19.7 Å². The molecule has 24 heavy (non-hydrogen) atoms. The van der Waals surface area contributed by atoms with Crippen LogP contribution in [0.4, 0.5) is 10.5 Å². The van der Waals surface area contributed by atoms with Gasteiger partial charge in [-0.3, -0.25) is 4.79 Å². The number of likely N-dealkylation sites (tertiary alicyclic amines) is 1. The molecule has 1 aromatic rings. The number of methoxy groups -OCH3 is 1. The number of carbonyl (C=O) groups excluding carboxylic acids is 2. The molecule has 1 atom stereocenters. The monoisotopic (exact) mass is 334 g/mol. The predicted octanol–water partition coefficient (Wildman–Crippen LogP) is 3.20. The Morgan fingerprint density at radius 3 is 2.62 bits per heavy atom. The molecule has 1 heterocycles. The minimum atomic E-state index is -0.535. The van der Waals surface area contributed by atoms with E-state index in [1.54, 1.807) is 12.0 Å². The van der Waals surface area contributed by atoms with E-state index in [1.807, 2.05) is 45.9 Å². The Morgan fingerprint density at radius 1 is 1.29 bits per heavy atom. The van der Waals surface area contributed by atoms with E-state index in [-0.39, 0.29) is 17.9 Å². The maximum absolute atomic E-state index is 12.5. The smallest absolute Gasteiger partial charge is 0.410 e. The van der Waals surface area contributed by atoms with Gasteiger partial charge in [0.25, 0.3) is 0 Å². The number of hydrogen-bond acceptors (Lipinski definition) is 4. The van der Waals surface area contributed by atoms with Crippen LogP contribution < -0.4 is 10.1 Å². The molecule has 1 N–H and O–H groups in total. The summed E-state index contributed by atoms with van der Waals surface area (Å²) in [7, 11) is 1.57. The second-order valence-corrected chi connectivity index (χ2v) is 7.10. The first kappa shape index (κ1) is 18.1. The first-order valence-electron chi connectivity index (χ1n) is 8.13. The summed E-state index contributed by atoms with van der Waals surface area (Å²) in [6, 6.07) is 5.62. The molecule has 1 saturated heterocycles. The molecule has 0 saturated carbocycles. The van der Waals surface area contributed by atoms with Gasteiger partial charge in [-0.25, -0.2) is 4.79 Å². The Morgan fingerprint density at radius 2 is 2.00 bits per heavy atom. The van der Waals surface area contributed by atoms with Gasteiger partial charge in [-0.1, -0.05) is 6.07 Å². The quantitative estimate of drug-likeness (QED) is 0.922. The summed E-state index contributed by atoms with van der Waals surface area (Å²) in [5.74, 6) is 0.267. The molecule has 1 aliphatic rings. The maximum atomic E-state index is 12.5. The van der Waals surface area contributed by atoms with Crippen molar-refractivity contribution < 1.29 is 19.1 Å². The molecular weight excluding hydrogens is 308 g/mol. The molecule has 2 rings (SSSR count). The predicted molar refractivity (Wildman–Crippen MR) is 92.3 cm³/mol. The van der Waals surface area contributed by atoms with Crippen molar-refractivity contribution in [2.24, 2.45) is 5.92 Å². The standard InChI is InChI=1S/C18H26N2O4/c1-12-6-7-15(23-5)14(10-12)19-16(21)13-8-9-20(11-13)17(22)24-18(2,3)4/h6-7,10,13H,8-9,11H2,1-5H3,(H,19,21). The summed E-state index contributed by atoms with van der Waals surface area (Å²) >= 11 is 0. The summed E-state index contributed by atoms with van der Waals surface area (Å²) < 4.78 is 10.6. The summed E-state index contributed by atoms with van der Waals surface area (Å²) in [4.78, 5) is 26.2. The molecule has 0 radical (unpaired) electrons. The molecule has 6 heteroatoms. The van der Waals surface area contributed by atoms with Gasteiger partial charge in [0.15, 0.2) is 0 Å². The lowest BCUT2D eigenvalue weighted by atomic mass is 10.1. The zero-order valence-corrected chi connectivity index (χ0v) is 15.0. The largest absolute Gasteiger partial charge is 0.495 e. The second kappa shape index (κ2) is 7.11. The van der Waals surface area contributed by atoms with Crippen LogP contribution in [0.1, 0.15) is 32.8 Å². The van der Waals surface area contributed by atoms with E-state index in [1.165, 1.54) is 0 Å². The molecule has 2 amide bonds. The SMILES string of the molecule is COc1ccc(C)cc1NC(=O)C1CCN(C(=O)OC(C)(C)C)C1. The van der Waals surface area contributed by atoms with Gasteiger partial charge in [0.1, 0.15) is 11.4 Å². The number of rotatable bonds is 3. The summed E-state index contributed by atoms with van der Waals surface area (Å²) in [6.07, 6.45) is 0.255. The number of nitrogens with one attached hydrogen (secondary N) is 1. The van der Waals surface area contributed by atoms with E-state index in [0.29, 0.717) is 30.9 Å². The van der Waals surface area contributed by atoms with Gasteiger partial charge in [-0.05, 0) is 51.8 Å². The minimum absolute atomic E-state index is 0.107. The zero-order valence-electron chi connectivity index (χ0n) is 15.0. The molecule has 0 aromatic heterocycles. The first-order valence-corrected chi connectivity index (χ1v) is 8.13. The summed E-state index contributed by atoms with van der Waals surface area (Å²) in [5.41, 5.74) is 1.15. The molecule has 1 aliphatic heterocycles. The van der Waals surface area contributed by atoms with Crippen LogP contribution in [0, 0.1) is 12.8 Å². The maximum Gasteiger partial charge on any atom is 0.410 e. The highest BCUT2D eigenvalue weighted by molar-refractivity contribution is 5.94. The van der Waals surface area contributed by atoms with Gasteiger partial charge in [-0.15, -0.1) is 0 Å². The van der Waals surface area contributed by atoms with E-state index < -0.39 is 5.60 Å².